The van der Waals surface area contributed by atoms with Crippen LogP contribution in [-0.2, 0) is 53.1 Å². The lowest BCUT2D eigenvalue weighted by atomic mass is 9.89. The second-order valence-corrected chi connectivity index (χ2v) is 13.3. The van der Waals surface area contributed by atoms with Gasteiger partial charge in [-0.3, -0.25) is 19.1 Å². The highest BCUT2D eigenvalue weighted by Crippen LogP contribution is 2.44. The van der Waals surface area contributed by atoms with Crippen LogP contribution in [0.25, 0.3) is 0 Å². The first-order chi connectivity index (χ1) is 27.2. The Hall–Kier alpha value is -5.93. The minimum absolute atomic E-state index is 0.0160. The summed E-state index contributed by atoms with van der Waals surface area (Å²) in [5.41, 5.74) is -0.499. The number of esters is 1. The molecular weight excluding hydrogens is 739 g/mol. The van der Waals surface area contributed by atoms with Crippen molar-refractivity contribution in [3.8, 4) is 5.75 Å². The molecule has 14 heteroatoms. The Morgan fingerprint density at radius 3 is 2.05 bits per heavy atom. The highest BCUT2D eigenvalue weighted by atomic mass is 32.1. The maximum atomic E-state index is 13.6. The maximum absolute atomic E-state index is 13.6. The predicted molar refractivity (Wildman–Crippen MR) is 210 cm³/mol. The number of nitrogens with one attached hydrogen (secondary N) is 1. The van der Waals surface area contributed by atoms with Crippen LogP contribution >= 0.6 is 12.2 Å². The van der Waals surface area contributed by atoms with E-state index in [2.05, 4.69) is 10.1 Å². The zero-order valence-corrected chi connectivity index (χ0v) is 31.5. The first-order valence-electron chi connectivity index (χ1n) is 17.8. The smallest absolute Gasteiger partial charge is 0.358 e. The zero-order chi connectivity index (χ0) is 39.3. The summed E-state index contributed by atoms with van der Waals surface area (Å²) in [6.07, 6.45) is -2.62. The van der Waals surface area contributed by atoms with Gasteiger partial charge in [-0.15, -0.1) is 0 Å². The molecule has 0 saturated carbocycles. The number of aryl methyl sites for hydroxylation is 1. The Bertz CT molecular complexity index is 2190. The van der Waals surface area contributed by atoms with E-state index in [1.165, 1.54) is 19.3 Å². The lowest BCUT2D eigenvalue weighted by molar-refractivity contribution is -0.201. The number of thiocarbonyl (C=S) groups is 1. The first-order valence-corrected chi connectivity index (χ1v) is 18.2. The van der Waals surface area contributed by atoms with Crippen molar-refractivity contribution in [2.75, 3.05) is 6.61 Å². The number of oxime groups is 1. The summed E-state index contributed by atoms with van der Waals surface area (Å²) < 4.78 is 39.4. The van der Waals surface area contributed by atoms with E-state index >= 15 is 0 Å². The minimum Gasteiger partial charge on any atom is -0.453 e. The summed E-state index contributed by atoms with van der Waals surface area (Å²) >= 11 is 5.62. The second kappa shape index (κ2) is 19.1. The van der Waals surface area contributed by atoms with Gasteiger partial charge in [0.05, 0.1) is 26.0 Å². The fraction of sp³-hybridized carbons (Fsp3) is 0.262. The molecule has 290 valence electrons. The van der Waals surface area contributed by atoms with Gasteiger partial charge in [0.2, 0.25) is 0 Å². The van der Waals surface area contributed by atoms with Crippen LogP contribution in [0.3, 0.4) is 0 Å². The largest absolute Gasteiger partial charge is 0.453 e. The Balaban J connectivity index is 1.47. The number of rotatable bonds is 16. The quantitative estimate of drug-likeness (QED) is 0.0561. The molecule has 4 aromatic carbocycles. The van der Waals surface area contributed by atoms with Crippen LogP contribution in [0.4, 0.5) is 0 Å². The van der Waals surface area contributed by atoms with Gasteiger partial charge in [-0.1, -0.05) is 114 Å². The number of benzene rings is 4. The summed E-state index contributed by atoms with van der Waals surface area (Å²) in [6, 6.07) is 36.9. The Kier molecular flexibility index (Phi) is 13.6. The Morgan fingerprint density at radius 1 is 0.875 bits per heavy atom. The van der Waals surface area contributed by atoms with Crippen LogP contribution in [0.5, 0.6) is 5.75 Å². The molecule has 5 aromatic rings. The van der Waals surface area contributed by atoms with E-state index in [-0.39, 0.29) is 37.2 Å². The van der Waals surface area contributed by atoms with Gasteiger partial charge >= 0.3 is 16.9 Å². The summed E-state index contributed by atoms with van der Waals surface area (Å²) in [7, 11) is 0. The topological polar surface area (TPSA) is 149 Å². The third kappa shape index (κ3) is 10.2. The number of H-pyrrole nitrogens is 1. The molecule has 0 spiro atoms. The molecule has 2 heterocycles. The standard InChI is InChI=1S/C42H41N3O10S/c1-29-24-45(40(48)44-38(29)47)39-36(54-41(56)53-34-21-13-6-14-22-34)37(50-26-32-17-9-4-10-18-32)42(55-39,28-49-25-31-15-7-3-8-16-31)35(52-30(2)46)23-43-51-27-33-19-11-5-12-20-33/h3-24,35-37,39H,25-28H2,1-2H3,(H,44,47,48)/b43-23+/t35-,36+,37-,39+,42-/m0/s1. The summed E-state index contributed by atoms with van der Waals surface area (Å²) in [4.78, 5) is 47.1. The van der Waals surface area contributed by atoms with Crippen molar-refractivity contribution < 1.29 is 38.1 Å². The van der Waals surface area contributed by atoms with E-state index in [1.54, 1.807) is 31.2 Å². The number of carbonyl (C=O) groups is 1. The van der Waals surface area contributed by atoms with Crippen LogP contribution in [0, 0.1) is 6.92 Å². The average Bonchev–Trinajstić information content (AvgIpc) is 3.50. The molecule has 6 rings (SSSR count). The Morgan fingerprint density at radius 2 is 1.45 bits per heavy atom. The third-order valence-corrected chi connectivity index (χ3v) is 9.01. The number of aromatic nitrogens is 2. The number of nitrogens with zero attached hydrogens (tertiary/aromatic N) is 2. The zero-order valence-electron chi connectivity index (χ0n) is 30.7. The van der Waals surface area contributed by atoms with Crippen LogP contribution in [0.15, 0.2) is 142 Å². The van der Waals surface area contributed by atoms with Crippen molar-refractivity contribution in [2.24, 2.45) is 5.16 Å². The summed E-state index contributed by atoms with van der Waals surface area (Å²) in [5.74, 6) is -0.289. The molecule has 1 aromatic heterocycles. The lowest BCUT2D eigenvalue weighted by Gasteiger charge is -2.38. The first kappa shape index (κ1) is 39.8. The van der Waals surface area contributed by atoms with Gasteiger partial charge in [0.25, 0.3) is 5.56 Å². The van der Waals surface area contributed by atoms with Crippen molar-refractivity contribution >= 4 is 29.6 Å². The number of para-hydroxylation sites is 1. The molecule has 1 fully saturated rings. The molecule has 1 aliphatic rings. The van der Waals surface area contributed by atoms with Gasteiger partial charge in [0.15, 0.2) is 24.0 Å². The number of aromatic amines is 1. The van der Waals surface area contributed by atoms with E-state index < -0.39 is 47.4 Å². The van der Waals surface area contributed by atoms with Gasteiger partial charge in [-0.05, 0) is 35.7 Å². The molecule has 13 nitrogen and oxygen atoms in total. The van der Waals surface area contributed by atoms with E-state index in [9.17, 15) is 14.4 Å². The fourth-order valence-corrected chi connectivity index (χ4v) is 6.37. The van der Waals surface area contributed by atoms with Gasteiger partial charge in [-0.2, -0.15) is 0 Å². The highest BCUT2D eigenvalue weighted by molar-refractivity contribution is 7.79. The van der Waals surface area contributed by atoms with Crippen LogP contribution in [0.2, 0.25) is 0 Å². The normalized spacial score (nSPS) is 19.6. The summed E-state index contributed by atoms with van der Waals surface area (Å²) in [6.45, 7) is 2.74. The summed E-state index contributed by atoms with van der Waals surface area (Å²) in [5, 5.41) is 3.89. The average molecular weight is 780 g/mol. The molecule has 1 saturated heterocycles. The molecule has 0 bridgehead atoms. The Labute approximate surface area is 328 Å². The minimum atomic E-state index is -1.81. The fourth-order valence-electron chi connectivity index (χ4n) is 6.16. The van der Waals surface area contributed by atoms with Crippen LogP contribution < -0.4 is 16.0 Å². The molecule has 1 aliphatic heterocycles. The van der Waals surface area contributed by atoms with Crippen molar-refractivity contribution in [3.05, 3.63) is 171 Å². The van der Waals surface area contributed by atoms with E-state index in [0.29, 0.717) is 5.75 Å². The van der Waals surface area contributed by atoms with Gasteiger partial charge < -0.3 is 33.3 Å². The van der Waals surface area contributed by atoms with Crippen LogP contribution in [-0.4, -0.2) is 57.5 Å². The number of hydrogen-bond acceptors (Lipinski definition) is 12. The molecule has 0 aliphatic carbocycles. The lowest BCUT2D eigenvalue weighted by Crippen LogP contribution is -2.59. The molecule has 0 amide bonds. The van der Waals surface area contributed by atoms with E-state index in [1.807, 2.05) is 97.1 Å². The molecule has 0 unspecified atom stereocenters. The monoisotopic (exact) mass is 779 g/mol. The van der Waals surface area contributed by atoms with Crippen molar-refractivity contribution in [3.63, 3.8) is 0 Å². The maximum Gasteiger partial charge on any atom is 0.358 e. The predicted octanol–water partition coefficient (Wildman–Crippen LogP) is 5.80. The van der Waals surface area contributed by atoms with E-state index in [0.717, 1.165) is 21.3 Å². The van der Waals surface area contributed by atoms with E-state index in [4.69, 9.17) is 45.5 Å². The van der Waals surface area contributed by atoms with Gasteiger partial charge in [-0.25, -0.2) is 4.79 Å². The SMILES string of the molecule is CC(=O)O[C@@H](/C=N/OCc1ccccc1)[C@]1(COCc2ccccc2)O[C@@H](n2cc(C)c(=O)[nH]c2=O)[C@H](OC(=S)Oc2ccccc2)[C@@H]1OCc1ccccc1. The second-order valence-electron chi connectivity index (χ2n) is 12.9. The third-order valence-electron chi connectivity index (χ3n) is 8.83. The number of carbonyl (C=O) groups excluding carboxylic acids is 1. The van der Waals surface area contributed by atoms with Gasteiger partial charge in [0, 0.05) is 30.9 Å². The molecule has 56 heavy (non-hydrogen) atoms. The molecule has 5 atom stereocenters. The van der Waals surface area contributed by atoms with Crippen LogP contribution in [0.1, 0.15) is 35.4 Å². The molecule has 1 N–H and O–H groups in total. The van der Waals surface area contributed by atoms with Crippen molar-refractivity contribution in [1.29, 1.82) is 0 Å². The number of ether oxygens (including phenoxy) is 6. The highest BCUT2D eigenvalue weighted by Gasteiger charge is 2.64. The van der Waals surface area contributed by atoms with Crippen molar-refractivity contribution in [2.45, 2.75) is 63.8 Å². The molecule has 0 radical (unpaired) electrons. The van der Waals surface area contributed by atoms with Gasteiger partial charge in [0.1, 0.15) is 18.5 Å². The number of hydrogen-bond donors (Lipinski definition) is 1. The van der Waals surface area contributed by atoms with Crippen molar-refractivity contribution in [1.82, 2.24) is 9.55 Å². The molecular formula is C42H41N3O10S.